The predicted molar refractivity (Wildman–Crippen MR) is 91.9 cm³/mol. The zero-order valence-electron chi connectivity index (χ0n) is 16.1. The van der Waals surface area contributed by atoms with Gasteiger partial charge in [-0.1, -0.05) is 36.4 Å². The number of hydrogen-bond donors (Lipinski definition) is 2. The number of aromatic nitrogens is 1. The van der Waals surface area contributed by atoms with Crippen LogP contribution in [0.3, 0.4) is 0 Å². The van der Waals surface area contributed by atoms with Crippen LogP contribution in [0.5, 0.6) is 0 Å². The van der Waals surface area contributed by atoms with Gasteiger partial charge in [0.1, 0.15) is 0 Å². The molecule has 0 bridgehead atoms. The molecule has 13 heteroatoms. The maximum absolute atomic E-state index is 10.9. The van der Waals surface area contributed by atoms with Crippen molar-refractivity contribution in [2.75, 3.05) is 0 Å². The molecule has 2 heterocycles. The first kappa shape index (κ1) is 28.1. The quantitative estimate of drug-likeness (QED) is 0.334. The smallest absolute Gasteiger partial charge is 1.00 e. The minimum absolute atomic E-state index is 0. The first-order valence-electron chi connectivity index (χ1n) is 7.56. The number of imide groups is 1. The van der Waals surface area contributed by atoms with Crippen molar-refractivity contribution in [3.63, 3.8) is 0 Å². The van der Waals surface area contributed by atoms with Crippen LogP contribution in [0.1, 0.15) is 14.3 Å². The molecule has 29 heavy (non-hydrogen) atoms. The number of hydroxylamine groups is 2. The van der Waals surface area contributed by atoms with Gasteiger partial charge in [0.15, 0.2) is 0 Å². The molecule has 1 unspecified atom stereocenters. The number of phosphoric acid groups is 1. The van der Waals surface area contributed by atoms with Crippen LogP contribution in [0.2, 0.25) is 0 Å². The van der Waals surface area contributed by atoms with Gasteiger partial charge in [-0.15, -0.1) is 9.69 Å². The molecule has 1 saturated heterocycles. The zero-order chi connectivity index (χ0) is 19.9. The number of carboxylic acid groups (broad SMARTS) is 1. The van der Waals surface area contributed by atoms with Crippen LogP contribution in [-0.4, -0.2) is 38.0 Å². The number of carbonyl (C=O) groups excluding carboxylic acids is 2. The summed E-state index contributed by atoms with van der Waals surface area (Å²) in [6, 6.07) is 16.1. The third kappa shape index (κ3) is 9.61. The Labute approximate surface area is 220 Å². The number of carbonyl (C=O) groups is 3. The van der Waals surface area contributed by atoms with E-state index in [1.165, 1.54) is 0 Å². The Kier molecular flexibility index (Phi) is 13.0. The minimum Gasteiger partial charge on any atom is -1.00 e. The van der Waals surface area contributed by atoms with Gasteiger partial charge in [0.2, 0.25) is 0 Å². The number of rotatable bonds is 4. The standard InChI is InChI=1S/C11H9N.C5H6NO8P.Co.K.H/c1-2-6-10(7-3-1)11-8-4-5-9-12-11;7-3-1-2-4(8)6(3)14-15(11,12)13-5(9)10;;;/h1-9H;1-2H2,(H,9,10)(H,11,12);;;/q;;;+1;-1. The van der Waals surface area contributed by atoms with Crippen molar-refractivity contribution in [3.8, 4) is 11.3 Å². The molecule has 2 amide bonds. The summed E-state index contributed by atoms with van der Waals surface area (Å²) in [5.74, 6) is -1.66. The number of hydrogen-bond acceptors (Lipinski definition) is 7. The molecule has 3 rings (SSSR count). The monoisotopic (exact) mass is 493 g/mol. The Morgan fingerprint density at radius 2 is 1.62 bits per heavy atom. The molecule has 0 spiro atoms. The zero-order valence-corrected chi connectivity index (χ0v) is 20.2. The number of benzene rings is 1. The molecule has 1 aromatic heterocycles. The van der Waals surface area contributed by atoms with E-state index in [0.29, 0.717) is 0 Å². The number of pyridine rings is 1. The molecule has 153 valence electrons. The van der Waals surface area contributed by atoms with E-state index in [4.69, 9.17) is 10.00 Å². The van der Waals surface area contributed by atoms with Gasteiger partial charge in [-0.3, -0.25) is 19.5 Å². The Bertz CT molecular complexity index is 825. The molecule has 1 radical (unpaired) electrons. The Morgan fingerprint density at radius 1 is 1.07 bits per heavy atom. The van der Waals surface area contributed by atoms with Crippen molar-refractivity contribution >= 4 is 25.8 Å². The number of amides is 2. The third-order valence-corrected chi connectivity index (χ3v) is 3.88. The van der Waals surface area contributed by atoms with Crippen LogP contribution >= 0.6 is 7.82 Å². The van der Waals surface area contributed by atoms with Crippen LogP contribution in [-0.2, 0) is 40.1 Å². The largest absolute Gasteiger partial charge is 1.00 e. The minimum atomic E-state index is -4.99. The van der Waals surface area contributed by atoms with E-state index in [1.807, 2.05) is 42.6 Å². The van der Waals surface area contributed by atoms with Crippen molar-refractivity contribution < 1.29 is 108 Å². The normalized spacial score (nSPS) is 14.4. The summed E-state index contributed by atoms with van der Waals surface area (Å²) in [7, 11) is -4.99. The van der Waals surface area contributed by atoms with Crippen LogP contribution in [0, 0.1) is 0 Å². The topological polar surface area (TPSA) is 143 Å². The van der Waals surface area contributed by atoms with E-state index in [-0.39, 0.29) is 87.5 Å². The first-order chi connectivity index (χ1) is 12.8. The molecule has 10 nitrogen and oxygen atoms in total. The van der Waals surface area contributed by atoms with E-state index in [0.717, 1.165) is 11.3 Å². The molecule has 1 fully saturated rings. The molecule has 2 aromatic rings. The fraction of sp³-hybridized carbons (Fsp3) is 0.125. The average molecular weight is 493 g/mol. The fourth-order valence-corrected chi connectivity index (χ4v) is 2.63. The van der Waals surface area contributed by atoms with Crippen LogP contribution in [0.25, 0.3) is 11.3 Å². The molecular weight excluding hydrogens is 477 g/mol. The molecule has 1 atom stereocenters. The number of phosphoric ester groups is 1. The number of nitrogens with zero attached hydrogens (tertiary/aromatic N) is 2. The van der Waals surface area contributed by atoms with E-state index in [1.54, 1.807) is 0 Å². The maximum atomic E-state index is 10.9. The molecule has 1 aliphatic heterocycles. The summed E-state index contributed by atoms with van der Waals surface area (Å²) < 4.78 is 18.3. The Morgan fingerprint density at radius 3 is 2.10 bits per heavy atom. The molecule has 2 N–H and O–H groups in total. The second-order valence-electron chi connectivity index (χ2n) is 5.07. The molecule has 1 aliphatic rings. The SMILES string of the molecule is O=C(O)OP(=O)(O)ON1C(=O)CCC1=O.[Co].[H-].[K+].c1ccc(-c2ccccn2)cc1. The van der Waals surface area contributed by atoms with Gasteiger partial charge in [0.25, 0.3) is 11.8 Å². The molecular formula is C16H16CoKN2O8P. The van der Waals surface area contributed by atoms with Gasteiger partial charge in [0.05, 0.1) is 5.69 Å². The summed E-state index contributed by atoms with van der Waals surface area (Å²) in [6.07, 6.45) is -0.569. The van der Waals surface area contributed by atoms with E-state index < -0.39 is 25.8 Å². The Hall–Kier alpha value is -0.927. The summed E-state index contributed by atoms with van der Waals surface area (Å²) in [4.78, 5) is 44.7. The Balaban J connectivity index is 0. The van der Waals surface area contributed by atoms with E-state index in [9.17, 15) is 18.9 Å². The summed E-state index contributed by atoms with van der Waals surface area (Å²) in [5, 5.41) is 8.06. The summed E-state index contributed by atoms with van der Waals surface area (Å²) in [5.41, 5.74) is 2.19. The molecule has 0 aliphatic carbocycles. The summed E-state index contributed by atoms with van der Waals surface area (Å²) >= 11 is 0. The van der Waals surface area contributed by atoms with Gasteiger partial charge in [0, 0.05) is 41.4 Å². The van der Waals surface area contributed by atoms with Gasteiger partial charge in [-0.05, 0) is 12.1 Å². The second-order valence-corrected chi connectivity index (χ2v) is 6.35. The van der Waals surface area contributed by atoms with Gasteiger partial charge >= 0.3 is 65.4 Å². The van der Waals surface area contributed by atoms with E-state index >= 15 is 0 Å². The van der Waals surface area contributed by atoms with Gasteiger partial charge in [-0.25, -0.2) is 9.36 Å². The third-order valence-electron chi connectivity index (χ3n) is 3.12. The van der Waals surface area contributed by atoms with Crippen molar-refractivity contribution in [3.05, 3.63) is 54.7 Å². The predicted octanol–water partition coefficient (Wildman–Crippen LogP) is -0.275. The molecule has 1 aromatic carbocycles. The first-order valence-corrected chi connectivity index (χ1v) is 9.05. The van der Waals surface area contributed by atoms with Crippen molar-refractivity contribution in [2.24, 2.45) is 0 Å². The van der Waals surface area contributed by atoms with Crippen LogP contribution < -0.4 is 51.4 Å². The fourth-order valence-electron chi connectivity index (χ4n) is 2.01. The van der Waals surface area contributed by atoms with Crippen molar-refractivity contribution in [2.45, 2.75) is 12.8 Å². The van der Waals surface area contributed by atoms with Gasteiger partial charge < -0.3 is 11.1 Å². The average Bonchev–Trinajstić information content (AvgIpc) is 2.94. The maximum Gasteiger partial charge on any atom is 1.00 e. The van der Waals surface area contributed by atoms with Crippen molar-refractivity contribution in [1.82, 2.24) is 10.0 Å². The summed E-state index contributed by atoms with van der Waals surface area (Å²) in [6.45, 7) is 0. The van der Waals surface area contributed by atoms with Gasteiger partial charge in [-0.2, -0.15) is 0 Å². The van der Waals surface area contributed by atoms with Crippen LogP contribution in [0.4, 0.5) is 4.79 Å². The van der Waals surface area contributed by atoms with Crippen molar-refractivity contribution in [1.29, 1.82) is 0 Å². The molecule has 0 saturated carbocycles. The second kappa shape index (κ2) is 13.4. The van der Waals surface area contributed by atoms with Crippen LogP contribution in [0.15, 0.2) is 54.7 Å². The van der Waals surface area contributed by atoms with E-state index in [2.05, 4.69) is 26.3 Å².